The van der Waals surface area contributed by atoms with Gasteiger partial charge in [0.05, 0.1) is 19.3 Å². The van der Waals surface area contributed by atoms with Crippen LogP contribution in [0.4, 0.5) is 0 Å². The van der Waals surface area contributed by atoms with E-state index in [1.165, 1.54) is 0 Å². The monoisotopic (exact) mass is 471 g/mol. The van der Waals surface area contributed by atoms with E-state index in [4.69, 9.17) is 9.72 Å². The standard InChI is InChI=1S/C22H22BrN3O2S/c1-28-19-7-5-16(6-8-19)20-15-29-21(24-20)14-25-9-11-26(12-10-25)22(27)17-3-2-4-18(23)13-17/h2-8,13,15H,9-12,14H2,1H3. The van der Waals surface area contributed by atoms with Crippen molar-refractivity contribution in [1.82, 2.24) is 14.8 Å². The average Bonchev–Trinajstić information content (AvgIpc) is 3.22. The van der Waals surface area contributed by atoms with Crippen molar-refractivity contribution >= 4 is 33.2 Å². The second-order valence-corrected chi connectivity index (χ2v) is 8.79. The number of halogens is 1. The van der Waals surface area contributed by atoms with Crippen molar-refractivity contribution in [2.75, 3.05) is 33.3 Å². The van der Waals surface area contributed by atoms with Crippen LogP contribution in [0.5, 0.6) is 5.75 Å². The van der Waals surface area contributed by atoms with Crippen LogP contribution in [-0.2, 0) is 6.54 Å². The van der Waals surface area contributed by atoms with Crippen molar-refractivity contribution in [3.05, 3.63) is 69.0 Å². The third-order valence-electron chi connectivity index (χ3n) is 5.03. The molecule has 1 amide bonds. The largest absolute Gasteiger partial charge is 0.497 e. The van der Waals surface area contributed by atoms with Crippen LogP contribution in [0.25, 0.3) is 11.3 Å². The molecule has 0 bridgehead atoms. The van der Waals surface area contributed by atoms with E-state index in [0.29, 0.717) is 0 Å². The fourth-order valence-corrected chi connectivity index (χ4v) is 4.63. The Labute approximate surface area is 183 Å². The van der Waals surface area contributed by atoms with Crippen LogP contribution in [0.1, 0.15) is 15.4 Å². The van der Waals surface area contributed by atoms with Crippen LogP contribution in [-0.4, -0.2) is 54.0 Å². The second-order valence-electron chi connectivity index (χ2n) is 6.93. The van der Waals surface area contributed by atoms with Crippen LogP contribution in [0, 0.1) is 0 Å². The minimum absolute atomic E-state index is 0.0991. The second kappa shape index (κ2) is 9.07. The topological polar surface area (TPSA) is 45.7 Å². The van der Waals surface area contributed by atoms with Gasteiger partial charge in [-0.1, -0.05) is 22.0 Å². The average molecular weight is 472 g/mol. The molecule has 2 aromatic carbocycles. The molecule has 1 saturated heterocycles. The summed E-state index contributed by atoms with van der Waals surface area (Å²) in [5, 5.41) is 3.20. The number of thiazole rings is 1. The molecule has 4 rings (SSSR count). The first-order valence-electron chi connectivity index (χ1n) is 9.48. The summed E-state index contributed by atoms with van der Waals surface area (Å²) < 4.78 is 6.14. The number of amides is 1. The predicted octanol–water partition coefficient (Wildman–Crippen LogP) is 4.54. The molecule has 3 aromatic rings. The molecular formula is C22H22BrN3O2S. The maximum Gasteiger partial charge on any atom is 0.253 e. The highest BCUT2D eigenvalue weighted by Gasteiger charge is 2.23. The van der Waals surface area contributed by atoms with Crippen molar-refractivity contribution in [2.45, 2.75) is 6.54 Å². The molecule has 1 aromatic heterocycles. The van der Waals surface area contributed by atoms with Gasteiger partial charge in [0.1, 0.15) is 10.8 Å². The SMILES string of the molecule is COc1ccc(-c2csc(CN3CCN(C(=O)c4cccc(Br)c4)CC3)n2)cc1. The molecule has 0 unspecified atom stereocenters. The van der Waals surface area contributed by atoms with Gasteiger partial charge in [-0.05, 0) is 42.5 Å². The summed E-state index contributed by atoms with van der Waals surface area (Å²) in [6.45, 7) is 4.01. The zero-order chi connectivity index (χ0) is 20.2. The highest BCUT2D eigenvalue weighted by Crippen LogP contribution is 2.25. The van der Waals surface area contributed by atoms with E-state index in [9.17, 15) is 4.79 Å². The van der Waals surface area contributed by atoms with E-state index in [-0.39, 0.29) is 5.91 Å². The van der Waals surface area contributed by atoms with Crippen molar-refractivity contribution in [1.29, 1.82) is 0 Å². The first-order valence-corrected chi connectivity index (χ1v) is 11.2. The summed E-state index contributed by atoms with van der Waals surface area (Å²) in [4.78, 5) is 21.8. The Kier molecular flexibility index (Phi) is 6.28. The first kappa shape index (κ1) is 20.1. The van der Waals surface area contributed by atoms with Crippen LogP contribution in [0.3, 0.4) is 0 Å². The third kappa shape index (κ3) is 4.86. The highest BCUT2D eigenvalue weighted by molar-refractivity contribution is 9.10. The molecular weight excluding hydrogens is 450 g/mol. The number of aromatic nitrogens is 1. The number of benzene rings is 2. The summed E-state index contributed by atoms with van der Waals surface area (Å²) >= 11 is 5.12. The Morgan fingerprint density at radius 3 is 2.59 bits per heavy atom. The summed E-state index contributed by atoms with van der Waals surface area (Å²) in [6.07, 6.45) is 0. The smallest absolute Gasteiger partial charge is 0.253 e. The maximum absolute atomic E-state index is 12.7. The molecule has 0 N–H and O–H groups in total. The maximum atomic E-state index is 12.7. The van der Waals surface area contributed by atoms with E-state index < -0.39 is 0 Å². The molecule has 1 fully saturated rings. The van der Waals surface area contributed by atoms with Gasteiger partial charge >= 0.3 is 0 Å². The van der Waals surface area contributed by atoms with Crippen molar-refractivity contribution in [2.24, 2.45) is 0 Å². The third-order valence-corrected chi connectivity index (χ3v) is 6.35. The van der Waals surface area contributed by atoms with Gasteiger partial charge < -0.3 is 9.64 Å². The lowest BCUT2D eigenvalue weighted by molar-refractivity contribution is 0.0628. The Balaban J connectivity index is 1.33. The molecule has 1 aliphatic heterocycles. The van der Waals surface area contributed by atoms with E-state index in [1.807, 2.05) is 53.4 Å². The molecule has 0 aliphatic carbocycles. The van der Waals surface area contributed by atoms with Crippen LogP contribution >= 0.6 is 27.3 Å². The molecule has 0 radical (unpaired) electrons. The molecule has 1 aliphatic rings. The number of rotatable bonds is 5. The van der Waals surface area contributed by atoms with Gasteiger partial charge in [-0.3, -0.25) is 9.69 Å². The number of piperazine rings is 1. The zero-order valence-corrected chi connectivity index (χ0v) is 18.6. The number of hydrogen-bond acceptors (Lipinski definition) is 5. The summed E-state index contributed by atoms with van der Waals surface area (Å²) in [5.41, 5.74) is 2.82. The fraction of sp³-hybridized carbons (Fsp3) is 0.273. The highest BCUT2D eigenvalue weighted by atomic mass is 79.9. The van der Waals surface area contributed by atoms with Crippen LogP contribution in [0.2, 0.25) is 0 Å². The minimum Gasteiger partial charge on any atom is -0.497 e. The first-order chi connectivity index (χ1) is 14.1. The molecule has 150 valence electrons. The Morgan fingerprint density at radius 2 is 1.90 bits per heavy atom. The lowest BCUT2D eigenvalue weighted by Gasteiger charge is -2.34. The quantitative estimate of drug-likeness (QED) is 0.547. The lowest BCUT2D eigenvalue weighted by Crippen LogP contribution is -2.48. The molecule has 2 heterocycles. The molecule has 0 atom stereocenters. The summed E-state index contributed by atoms with van der Waals surface area (Å²) in [6, 6.07) is 15.6. The van der Waals surface area contributed by atoms with Crippen LogP contribution in [0.15, 0.2) is 58.4 Å². The molecule has 29 heavy (non-hydrogen) atoms. The number of nitrogens with zero attached hydrogens (tertiary/aromatic N) is 3. The zero-order valence-electron chi connectivity index (χ0n) is 16.2. The van der Waals surface area contributed by atoms with E-state index in [0.717, 1.165) is 64.8 Å². The van der Waals surface area contributed by atoms with E-state index >= 15 is 0 Å². The van der Waals surface area contributed by atoms with Gasteiger partial charge in [0.2, 0.25) is 0 Å². The fourth-order valence-electron chi connectivity index (χ4n) is 3.38. The van der Waals surface area contributed by atoms with Gasteiger partial charge in [0.25, 0.3) is 5.91 Å². The lowest BCUT2D eigenvalue weighted by atomic mass is 10.2. The molecule has 7 heteroatoms. The van der Waals surface area contributed by atoms with Crippen LogP contribution < -0.4 is 4.74 Å². The summed E-state index contributed by atoms with van der Waals surface area (Å²) in [5.74, 6) is 0.946. The normalized spacial score (nSPS) is 14.8. The van der Waals surface area contributed by atoms with Gasteiger partial charge in [0.15, 0.2) is 0 Å². The number of hydrogen-bond donors (Lipinski definition) is 0. The van der Waals surface area contributed by atoms with Crippen molar-refractivity contribution in [3.63, 3.8) is 0 Å². The molecule has 0 spiro atoms. The molecule has 0 saturated carbocycles. The van der Waals surface area contributed by atoms with E-state index in [2.05, 4.69) is 26.2 Å². The number of ether oxygens (including phenoxy) is 1. The Bertz CT molecular complexity index is 982. The van der Waals surface area contributed by atoms with Crippen molar-refractivity contribution < 1.29 is 9.53 Å². The Morgan fingerprint density at radius 1 is 1.14 bits per heavy atom. The summed E-state index contributed by atoms with van der Waals surface area (Å²) in [7, 11) is 1.67. The number of methoxy groups -OCH3 is 1. The predicted molar refractivity (Wildman–Crippen MR) is 119 cm³/mol. The number of carbonyl (C=O) groups excluding carboxylic acids is 1. The van der Waals surface area contributed by atoms with Crippen molar-refractivity contribution in [3.8, 4) is 17.0 Å². The minimum atomic E-state index is 0.0991. The molecule has 5 nitrogen and oxygen atoms in total. The number of carbonyl (C=O) groups is 1. The van der Waals surface area contributed by atoms with Gasteiger partial charge in [-0.25, -0.2) is 4.98 Å². The van der Waals surface area contributed by atoms with E-state index in [1.54, 1.807) is 18.4 Å². The van der Waals surface area contributed by atoms with Gasteiger partial charge in [-0.15, -0.1) is 11.3 Å². The van der Waals surface area contributed by atoms with Gasteiger partial charge in [-0.2, -0.15) is 0 Å². The Hall–Kier alpha value is -2.22. The van der Waals surface area contributed by atoms with Gasteiger partial charge in [0, 0.05) is 47.2 Å².